The molecule has 0 aliphatic heterocycles. The predicted octanol–water partition coefficient (Wildman–Crippen LogP) is 2.62. The van der Waals surface area contributed by atoms with E-state index in [2.05, 4.69) is 21.3 Å². The second-order valence-electron chi connectivity index (χ2n) is 11.8. The number of halogens is 2. The van der Waals surface area contributed by atoms with Crippen LogP contribution in [0.5, 0.6) is 0 Å². The Morgan fingerprint density at radius 1 is 0.763 bits per heavy atom. The number of rotatable bonds is 17. The first-order valence-corrected chi connectivity index (χ1v) is 13.6. The van der Waals surface area contributed by atoms with Crippen molar-refractivity contribution in [3.05, 3.63) is 0 Å². The Bertz CT molecular complexity index is 775. The van der Waals surface area contributed by atoms with Crippen LogP contribution < -0.4 is 21.3 Å². The minimum atomic E-state index is -3.80. The highest BCUT2D eigenvalue weighted by Crippen LogP contribution is 2.24. The van der Waals surface area contributed by atoms with Gasteiger partial charge in [0.25, 0.3) is 5.92 Å². The predicted molar refractivity (Wildman–Crippen MR) is 143 cm³/mol. The number of hydrogen-bond acceptors (Lipinski definition) is 5. The van der Waals surface area contributed by atoms with Crippen molar-refractivity contribution in [1.29, 1.82) is 0 Å². The summed E-state index contributed by atoms with van der Waals surface area (Å²) in [6, 6.07) is -2.30. The fourth-order valence-corrected chi connectivity index (χ4v) is 3.70. The minimum absolute atomic E-state index is 0.0376. The topological polar surface area (TPSA) is 137 Å². The molecule has 0 saturated carbocycles. The Morgan fingerprint density at radius 2 is 1.32 bits per heavy atom. The highest BCUT2D eigenvalue weighted by Gasteiger charge is 2.45. The second kappa shape index (κ2) is 16.6. The zero-order valence-electron chi connectivity index (χ0n) is 24.5. The van der Waals surface area contributed by atoms with Crippen molar-refractivity contribution in [1.82, 2.24) is 21.3 Å². The Balaban J connectivity index is 5.35. The highest BCUT2D eigenvalue weighted by atomic mass is 19.3. The summed E-state index contributed by atoms with van der Waals surface area (Å²) < 4.78 is 30.0. The molecule has 0 aromatic heterocycles. The van der Waals surface area contributed by atoms with Crippen molar-refractivity contribution >= 4 is 23.6 Å². The lowest BCUT2D eigenvalue weighted by atomic mass is 9.94. The van der Waals surface area contributed by atoms with E-state index in [9.17, 15) is 24.3 Å². The maximum absolute atomic E-state index is 15.0. The van der Waals surface area contributed by atoms with E-state index in [0.29, 0.717) is 18.9 Å². The van der Waals surface area contributed by atoms with Crippen molar-refractivity contribution in [3.63, 3.8) is 0 Å². The first kappa shape index (κ1) is 35.7. The van der Waals surface area contributed by atoms with E-state index in [-0.39, 0.29) is 36.5 Å². The highest BCUT2D eigenvalue weighted by molar-refractivity contribution is 5.99. The fraction of sp³-hybridized carbons (Fsp3) is 0.852. The van der Waals surface area contributed by atoms with Crippen LogP contribution in [-0.4, -0.2) is 65.9 Å². The molecular formula is C27H50F2N4O5. The van der Waals surface area contributed by atoms with Gasteiger partial charge in [-0.2, -0.15) is 0 Å². The molecule has 38 heavy (non-hydrogen) atoms. The molecule has 0 bridgehead atoms. The van der Waals surface area contributed by atoms with Gasteiger partial charge in [0.15, 0.2) is 0 Å². The van der Waals surface area contributed by atoms with E-state index in [1.165, 1.54) is 6.92 Å². The van der Waals surface area contributed by atoms with Crippen LogP contribution in [-0.2, 0) is 19.2 Å². The van der Waals surface area contributed by atoms with Gasteiger partial charge in [-0.05, 0) is 43.4 Å². The van der Waals surface area contributed by atoms with Gasteiger partial charge in [0.2, 0.25) is 23.6 Å². The van der Waals surface area contributed by atoms with Crippen LogP contribution in [0, 0.1) is 29.6 Å². The number of aliphatic hydroxyl groups is 1. The summed E-state index contributed by atoms with van der Waals surface area (Å²) in [4.78, 5) is 49.7. The van der Waals surface area contributed by atoms with Crippen LogP contribution in [0.25, 0.3) is 0 Å². The summed E-state index contributed by atoms with van der Waals surface area (Å²) in [5, 5.41) is 20.4. The van der Waals surface area contributed by atoms with E-state index < -0.39 is 54.3 Å². The Hall–Kier alpha value is -2.30. The SMILES string of the molecule is CC(C)CCNC(=O)C(C)C(=O)NCC(F)(F)C(O)C(CC(C)C)NC(=O)C(NC(=O)CC(C)C)C(C)C. The fourth-order valence-electron chi connectivity index (χ4n) is 3.70. The first-order valence-electron chi connectivity index (χ1n) is 13.6. The van der Waals surface area contributed by atoms with E-state index in [0.717, 1.165) is 0 Å². The van der Waals surface area contributed by atoms with Crippen molar-refractivity contribution in [2.45, 2.75) is 106 Å². The monoisotopic (exact) mass is 548 g/mol. The van der Waals surface area contributed by atoms with Crippen molar-refractivity contribution in [3.8, 4) is 0 Å². The zero-order chi connectivity index (χ0) is 29.8. The lowest BCUT2D eigenvalue weighted by Crippen LogP contribution is -2.59. The van der Waals surface area contributed by atoms with Crippen molar-refractivity contribution < 1.29 is 33.1 Å². The average molecular weight is 549 g/mol. The standard InChI is InChI=1S/C27H50F2N4O5/c1-15(2)10-11-30-24(36)19(9)25(37)31-14-27(28,29)23(35)20(12-16(3)4)32-26(38)22(18(7)8)33-21(34)13-17(5)6/h15-20,22-23,35H,10-14H2,1-9H3,(H,30,36)(H,31,37)(H,32,38)(H,33,34). The minimum Gasteiger partial charge on any atom is -0.385 e. The zero-order valence-corrected chi connectivity index (χ0v) is 24.5. The molecule has 0 rings (SSSR count). The maximum atomic E-state index is 15.0. The summed E-state index contributed by atoms with van der Waals surface area (Å²) in [5.74, 6) is -7.51. The summed E-state index contributed by atoms with van der Waals surface area (Å²) >= 11 is 0. The van der Waals surface area contributed by atoms with Gasteiger partial charge in [-0.25, -0.2) is 8.78 Å². The molecule has 0 saturated heterocycles. The number of nitrogens with one attached hydrogen (secondary N) is 4. The summed E-state index contributed by atoms with van der Waals surface area (Å²) in [6.07, 6.45) is -1.36. The molecule has 4 amide bonds. The van der Waals surface area contributed by atoms with E-state index in [4.69, 9.17) is 0 Å². The molecule has 0 aliphatic rings. The first-order chi connectivity index (χ1) is 17.4. The molecule has 0 aliphatic carbocycles. The number of carbonyl (C=O) groups excluding carboxylic acids is 4. The normalized spacial score (nSPS) is 15.3. The number of carbonyl (C=O) groups is 4. The van der Waals surface area contributed by atoms with Crippen LogP contribution in [0.2, 0.25) is 0 Å². The lowest BCUT2D eigenvalue weighted by molar-refractivity contribution is -0.144. The molecule has 0 heterocycles. The van der Waals surface area contributed by atoms with Gasteiger partial charge in [-0.15, -0.1) is 0 Å². The van der Waals surface area contributed by atoms with Crippen molar-refractivity contribution in [2.75, 3.05) is 13.1 Å². The molecule has 11 heteroatoms. The number of alkyl halides is 2. The van der Waals surface area contributed by atoms with Gasteiger partial charge in [0.1, 0.15) is 18.1 Å². The van der Waals surface area contributed by atoms with E-state index in [1.54, 1.807) is 27.7 Å². The molecule has 0 aromatic carbocycles. The van der Waals surface area contributed by atoms with Crippen LogP contribution in [0.15, 0.2) is 0 Å². The summed E-state index contributed by atoms with van der Waals surface area (Å²) in [5.41, 5.74) is 0. The van der Waals surface area contributed by atoms with Crippen LogP contribution in [0.4, 0.5) is 8.78 Å². The third kappa shape index (κ3) is 13.5. The number of aliphatic hydroxyl groups excluding tert-OH is 1. The summed E-state index contributed by atoms with van der Waals surface area (Å²) in [6.45, 7) is 15.1. The largest absolute Gasteiger partial charge is 0.385 e. The van der Waals surface area contributed by atoms with Crippen molar-refractivity contribution in [2.24, 2.45) is 29.6 Å². The molecule has 0 radical (unpaired) electrons. The smallest absolute Gasteiger partial charge is 0.292 e. The number of hydrogen-bond donors (Lipinski definition) is 5. The quantitative estimate of drug-likeness (QED) is 0.178. The van der Waals surface area contributed by atoms with Crippen LogP contribution >= 0.6 is 0 Å². The van der Waals surface area contributed by atoms with Crippen LogP contribution in [0.1, 0.15) is 81.6 Å². The maximum Gasteiger partial charge on any atom is 0.292 e. The van der Waals surface area contributed by atoms with Gasteiger partial charge in [-0.1, -0.05) is 55.4 Å². The number of amides is 4. The van der Waals surface area contributed by atoms with Gasteiger partial charge in [0.05, 0.1) is 12.6 Å². The van der Waals surface area contributed by atoms with Gasteiger partial charge >= 0.3 is 0 Å². The molecule has 4 unspecified atom stereocenters. The van der Waals surface area contributed by atoms with E-state index in [1.807, 2.05) is 27.7 Å². The van der Waals surface area contributed by atoms with Gasteiger partial charge in [0, 0.05) is 13.0 Å². The molecule has 222 valence electrons. The summed E-state index contributed by atoms with van der Waals surface area (Å²) in [7, 11) is 0. The molecule has 0 spiro atoms. The Kier molecular flexibility index (Phi) is 15.6. The molecule has 0 fully saturated rings. The molecule has 4 atom stereocenters. The van der Waals surface area contributed by atoms with Crippen LogP contribution in [0.3, 0.4) is 0 Å². The third-order valence-corrected chi connectivity index (χ3v) is 6.03. The Labute approximate surface area is 226 Å². The molecular weight excluding hydrogens is 498 g/mol. The third-order valence-electron chi connectivity index (χ3n) is 6.03. The average Bonchev–Trinajstić information content (AvgIpc) is 2.78. The molecule has 0 aromatic rings. The lowest BCUT2D eigenvalue weighted by Gasteiger charge is -2.33. The van der Waals surface area contributed by atoms with Gasteiger partial charge < -0.3 is 26.4 Å². The Morgan fingerprint density at radius 3 is 1.79 bits per heavy atom. The second-order valence-corrected chi connectivity index (χ2v) is 11.8. The molecule has 9 nitrogen and oxygen atoms in total. The van der Waals surface area contributed by atoms with E-state index >= 15 is 8.78 Å². The van der Waals surface area contributed by atoms with Gasteiger partial charge in [-0.3, -0.25) is 19.2 Å². The molecule has 5 N–H and O–H groups in total.